The first-order valence-electron chi connectivity index (χ1n) is 7.11. The Bertz CT molecular complexity index is 874. The lowest BCUT2D eigenvalue weighted by Crippen LogP contribution is -2.26. The Labute approximate surface area is 149 Å². The molecule has 0 aliphatic carbocycles. The molecule has 8 nitrogen and oxygen atoms in total. The second-order valence-corrected chi connectivity index (χ2v) is 7.53. The molecule has 1 heterocycles. The number of benzene rings is 1. The van der Waals surface area contributed by atoms with Crippen molar-refractivity contribution in [3.05, 3.63) is 40.9 Å². The van der Waals surface area contributed by atoms with E-state index in [2.05, 4.69) is 9.72 Å². The predicted octanol–water partition coefficient (Wildman–Crippen LogP) is 1.93. The fourth-order valence-corrected chi connectivity index (χ4v) is 3.98. The number of nitrogens with zero attached hydrogens (tertiary/aromatic N) is 2. The van der Waals surface area contributed by atoms with Crippen molar-refractivity contribution in [2.75, 3.05) is 25.1 Å². The van der Waals surface area contributed by atoms with Crippen molar-refractivity contribution in [1.29, 1.82) is 0 Å². The van der Waals surface area contributed by atoms with E-state index < -0.39 is 22.0 Å². The standard InChI is InChI=1S/C15H16N2O6S2/c1-4-23-14(19)12-9-24-15(16-12)17(2)25(20,21)11-7-5-10(6-8-11)13(18)22-3/h5-9H,4H2,1-3H3. The molecule has 0 unspecified atom stereocenters. The summed E-state index contributed by atoms with van der Waals surface area (Å²) < 4.78 is 35.7. The molecule has 0 radical (unpaired) electrons. The van der Waals surface area contributed by atoms with Gasteiger partial charge < -0.3 is 9.47 Å². The van der Waals surface area contributed by atoms with Gasteiger partial charge in [0.15, 0.2) is 10.8 Å². The van der Waals surface area contributed by atoms with Crippen LogP contribution < -0.4 is 4.31 Å². The van der Waals surface area contributed by atoms with Gasteiger partial charge in [-0.05, 0) is 31.2 Å². The number of ether oxygens (including phenoxy) is 2. The first-order valence-corrected chi connectivity index (χ1v) is 9.43. The fraction of sp³-hybridized carbons (Fsp3) is 0.267. The van der Waals surface area contributed by atoms with Gasteiger partial charge in [-0.15, -0.1) is 11.3 Å². The van der Waals surface area contributed by atoms with E-state index in [1.54, 1.807) is 6.92 Å². The molecule has 1 aromatic carbocycles. The van der Waals surface area contributed by atoms with E-state index in [9.17, 15) is 18.0 Å². The molecule has 0 N–H and O–H groups in total. The average molecular weight is 384 g/mol. The van der Waals surface area contributed by atoms with Crippen LogP contribution in [0.2, 0.25) is 0 Å². The minimum absolute atomic E-state index is 0.0180. The van der Waals surface area contributed by atoms with Crippen LogP contribution in [0.1, 0.15) is 27.8 Å². The summed E-state index contributed by atoms with van der Waals surface area (Å²) in [5, 5.41) is 1.56. The normalized spacial score (nSPS) is 11.0. The summed E-state index contributed by atoms with van der Waals surface area (Å²) in [6, 6.07) is 5.33. The van der Waals surface area contributed by atoms with E-state index in [1.807, 2.05) is 0 Å². The van der Waals surface area contributed by atoms with Crippen LogP contribution in [-0.4, -0.2) is 46.1 Å². The van der Waals surface area contributed by atoms with Crippen molar-refractivity contribution < 1.29 is 27.5 Å². The van der Waals surface area contributed by atoms with Crippen LogP contribution in [0.3, 0.4) is 0 Å². The molecule has 10 heteroatoms. The van der Waals surface area contributed by atoms with Crippen LogP contribution in [0.15, 0.2) is 34.5 Å². The van der Waals surface area contributed by atoms with Crippen LogP contribution in [0.25, 0.3) is 0 Å². The first-order chi connectivity index (χ1) is 11.8. The summed E-state index contributed by atoms with van der Waals surface area (Å²) >= 11 is 1.01. The Morgan fingerprint density at radius 1 is 1.20 bits per heavy atom. The number of carbonyl (C=O) groups is 2. The van der Waals surface area contributed by atoms with Gasteiger partial charge in [-0.2, -0.15) is 0 Å². The number of thiazole rings is 1. The fourth-order valence-electron chi connectivity index (χ4n) is 1.85. The number of hydrogen-bond donors (Lipinski definition) is 0. The number of aromatic nitrogens is 1. The summed E-state index contributed by atoms with van der Waals surface area (Å²) in [4.78, 5) is 27.0. The van der Waals surface area contributed by atoms with E-state index in [4.69, 9.17) is 4.74 Å². The molecule has 134 valence electrons. The van der Waals surface area contributed by atoms with Gasteiger partial charge in [0.1, 0.15) is 0 Å². The zero-order valence-corrected chi connectivity index (χ0v) is 15.4. The van der Waals surface area contributed by atoms with Gasteiger partial charge >= 0.3 is 11.9 Å². The van der Waals surface area contributed by atoms with Gasteiger partial charge in [0.05, 0.1) is 24.2 Å². The third kappa shape index (κ3) is 3.97. The Morgan fingerprint density at radius 2 is 1.84 bits per heavy atom. The monoisotopic (exact) mass is 384 g/mol. The molecule has 0 saturated heterocycles. The average Bonchev–Trinajstić information content (AvgIpc) is 3.10. The topological polar surface area (TPSA) is 103 Å². The first kappa shape index (κ1) is 18.9. The molecule has 25 heavy (non-hydrogen) atoms. The van der Waals surface area contributed by atoms with Gasteiger partial charge in [-0.3, -0.25) is 0 Å². The van der Waals surface area contributed by atoms with E-state index in [0.717, 1.165) is 15.6 Å². The minimum atomic E-state index is -3.89. The molecule has 0 amide bonds. The predicted molar refractivity (Wildman–Crippen MR) is 91.4 cm³/mol. The molecule has 2 aromatic rings. The highest BCUT2D eigenvalue weighted by atomic mass is 32.2. The third-order valence-corrected chi connectivity index (χ3v) is 5.97. The third-order valence-electron chi connectivity index (χ3n) is 3.18. The van der Waals surface area contributed by atoms with Gasteiger partial charge in [-0.25, -0.2) is 27.3 Å². The molecule has 0 aliphatic rings. The van der Waals surface area contributed by atoms with Crippen LogP contribution in [0.5, 0.6) is 0 Å². The maximum atomic E-state index is 12.6. The highest BCUT2D eigenvalue weighted by Gasteiger charge is 2.25. The number of esters is 2. The number of rotatable bonds is 6. The smallest absolute Gasteiger partial charge is 0.357 e. The number of hydrogen-bond acceptors (Lipinski definition) is 8. The molecule has 0 atom stereocenters. The Balaban J connectivity index is 2.27. The molecule has 0 bridgehead atoms. The van der Waals surface area contributed by atoms with Crippen molar-refractivity contribution in [2.45, 2.75) is 11.8 Å². The quantitative estimate of drug-likeness (QED) is 0.701. The van der Waals surface area contributed by atoms with Gasteiger partial charge in [0, 0.05) is 12.4 Å². The van der Waals surface area contributed by atoms with Crippen molar-refractivity contribution in [2.24, 2.45) is 0 Å². The van der Waals surface area contributed by atoms with Gasteiger partial charge in [0.2, 0.25) is 0 Å². The largest absolute Gasteiger partial charge is 0.465 e. The lowest BCUT2D eigenvalue weighted by molar-refractivity contribution is 0.0519. The molecular formula is C15H16N2O6S2. The summed E-state index contributed by atoms with van der Waals surface area (Å²) in [6.07, 6.45) is 0. The SMILES string of the molecule is CCOC(=O)c1csc(N(C)S(=O)(=O)c2ccc(C(=O)OC)cc2)n1. The van der Waals surface area contributed by atoms with Gasteiger partial charge in [0.25, 0.3) is 10.0 Å². The zero-order chi connectivity index (χ0) is 18.6. The lowest BCUT2D eigenvalue weighted by atomic mass is 10.2. The van der Waals surface area contributed by atoms with E-state index >= 15 is 0 Å². The highest BCUT2D eigenvalue weighted by molar-refractivity contribution is 7.93. The second-order valence-electron chi connectivity index (χ2n) is 4.72. The Morgan fingerprint density at radius 3 is 2.40 bits per heavy atom. The van der Waals surface area contributed by atoms with Crippen molar-refractivity contribution >= 4 is 38.4 Å². The zero-order valence-electron chi connectivity index (χ0n) is 13.8. The van der Waals surface area contributed by atoms with E-state index in [1.165, 1.54) is 43.8 Å². The second kappa shape index (κ2) is 7.62. The van der Waals surface area contributed by atoms with Gasteiger partial charge in [-0.1, -0.05) is 0 Å². The highest BCUT2D eigenvalue weighted by Crippen LogP contribution is 2.26. The maximum Gasteiger partial charge on any atom is 0.357 e. The number of carbonyl (C=O) groups excluding carboxylic acids is 2. The maximum absolute atomic E-state index is 12.6. The van der Waals surface area contributed by atoms with Crippen molar-refractivity contribution in [1.82, 2.24) is 4.98 Å². The number of sulfonamides is 1. The summed E-state index contributed by atoms with van der Waals surface area (Å²) in [5.41, 5.74) is 0.285. The van der Waals surface area contributed by atoms with Crippen molar-refractivity contribution in [3.8, 4) is 0 Å². The van der Waals surface area contributed by atoms with Crippen LogP contribution in [0.4, 0.5) is 5.13 Å². The molecular weight excluding hydrogens is 368 g/mol. The lowest BCUT2D eigenvalue weighted by Gasteiger charge is -2.16. The molecule has 0 aliphatic heterocycles. The van der Waals surface area contributed by atoms with Crippen LogP contribution in [0, 0.1) is 0 Å². The van der Waals surface area contributed by atoms with Crippen LogP contribution in [-0.2, 0) is 19.5 Å². The minimum Gasteiger partial charge on any atom is -0.465 e. The number of methoxy groups -OCH3 is 1. The molecule has 0 saturated carbocycles. The molecule has 0 spiro atoms. The number of anilines is 1. The van der Waals surface area contributed by atoms with Crippen molar-refractivity contribution in [3.63, 3.8) is 0 Å². The summed E-state index contributed by atoms with van der Waals surface area (Å²) in [7, 11) is -1.32. The van der Waals surface area contributed by atoms with Crippen LogP contribution >= 0.6 is 11.3 Å². The molecule has 1 aromatic heterocycles. The molecule has 2 rings (SSSR count). The Hall–Kier alpha value is -2.46. The molecule has 0 fully saturated rings. The Kier molecular flexibility index (Phi) is 5.75. The summed E-state index contributed by atoms with van der Waals surface area (Å²) in [5.74, 6) is -1.17. The van der Waals surface area contributed by atoms with E-state index in [-0.39, 0.29) is 27.9 Å². The van der Waals surface area contributed by atoms with E-state index in [0.29, 0.717) is 0 Å². The summed E-state index contributed by atoms with van der Waals surface area (Å²) in [6.45, 7) is 1.87.